The Bertz CT molecular complexity index is 553. The summed E-state index contributed by atoms with van der Waals surface area (Å²) in [5.74, 6) is 0.962. The van der Waals surface area contributed by atoms with Crippen LogP contribution in [0, 0.1) is 0 Å². The van der Waals surface area contributed by atoms with Gasteiger partial charge in [0.25, 0.3) is 0 Å². The van der Waals surface area contributed by atoms with E-state index in [0.29, 0.717) is 5.56 Å². The molecule has 94 valence electrons. The SMILES string of the molecule is CCSc1cccc(-n2cncn2)c1/C(N)=N/O. The standard InChI is InChI=1S/C11H13N5OS/c1-2-18-9-5-3-4-8(10(9)11(12)15-17)16-7-13-6-14-16/h3-7,17H,2H2,1H3,(H2,12,15). The van der Waals surface area contributed by atoms with Crippen LogP contribution in [-0.4, -0.2) is 31.6 Å². The van der Waals surface area contributed by atoms with Crippen LogP contribution in [0.25, 0.3) is 5.69 Å². The van der Waals surface area contributed by atoms with E-state index in [9.17, 15) is 0 Å². The molecule has 0 aliphatic rings. The smallest absolute Gasteiger partial charge is 0.173 e. The maximum Gasteiger partial charge on any atom is 0.173 e. The van der Waals surface area contributed by atoms with Gasteiger partial charge in [-0.3, -0.25) is 0 Å². The topological polar surface area (TPSA) is 89.3 Å². The van der Waals surface area contributed by atoms with Gasteiger partial charge in [-0.05, 0) is 17.9 Å². The van der Waals surface area contributed by atoms with Crippen molar-refractivity contribution in [3.63, 3.8) is 0 Å². The van der Waals surface area contributed by atoms with Crippen molar-refractivity contribution in [3.05, 3.63) is 36.4 Å². The summed E-state index contributed by atoms with van der Waals surface area (Å²) in [7, 11) is 0. The van der Waals surface area contributed by atoms with Crippen molar-refractivity contribution in [3.8, 4) is 5.69 Å². The summed E-state index contributed by atoms with van der Waals surface area (Å²) >= 11 is 1.62. The van der Waals surface area contributed by atoms with Crippen LogP contribution in [-0.2, 0) is 0 Å². The predicted octanol–water partition coefficient (Wildman–Crippen LogP) is 1.47. The van der Waals surface area contributed by atoms with E-state index in [4.69, 9.17) is 10.9 Å². The van der Waals surface area contributed by atoms with Gasteiger partial charge in [0.2, 0.25) is 0 Å². The summed E-state index contributed by atoms with van der Waals surface area (Å²) in [6, 6.07) is 5.69. The maximum absolute atomic E-state index is 8.91. The molecular formula is C11H13N5OS. The number of thioether (sulfide) groups is 1. The van der Waals surface area contributed by atoms with E-state index >= 15 is 0 Å². The van der Waals surface area contributed by atoms with E-state index in [1.807, 2.05) is 25.1 Å². The fourth-order valence-electron chi connectivity index (χ4n) is 1.63. The number of hydrogen-bond donors (Lipinski definition) is 2. The van der Waals surface area contributed by atoms with Crippen molar-refractivity contribution in [2.75, 3.05) is 5.75 Å². The van der Waals surface area contributed by atoms with Gasteiger partial charge in [0, 0.05) is 4.90 Å². The first kappa shape index (κ1) is 12.4. The third kappa shape index (κ3) is 2.30. The molecule has 2 rings (SSSR count). The zero-order chi connectivity index (χ0) is 13.0. The zero-order valence-electron chi connectivity index (χ0n) is 9.82. The van der Waals surface area contributed by atoms with E-state index in [1.165, 1.54) is 6.33 Å². The molecule has 6 nitrogen and oxygen atoms in total. The van der Waals surface area contributed by atoms with E-state index < -0.39 is 0 Å². The number of nitrogens with two attached hydrogens (primary N) is 1. The second-order valence-electron chi connectivity index (χ2n) is 3.41. The molecule has 2 aromatic rings. The molecule has 0 saturated heterocycles. The lowest BCUT2D eigenvalue weighted by Gasteiger charge is -2.12. The lowest BCUT2D eigenvalue weighted by Crippen LogP contribution is -2.18. The Kier molecular flexibility index (Phi) is 3.83. The molecule has 1 heterocycles. The molecule has 1 aromatic heterocycles. The number of benzene rings is 1. The maximum atomic E-state index is 8.91. The number of aromatic nitrogens is 3. The van der Waals surface area contributed by atoms with Crippen LogP contribution in [0.1, 0.15) is 12.5 Å². The van der Waals surface area contributed by atoms with Gasteiger partial charge in [0.15, 0.2) is 5.84 Å². The van der Waals surface area contributed by atoms with Gasteiger partial charge in [0.1, 0.15) is 12.7 Å². The quantitative estimate of drug-likeness (QED) is 0.287. The minimum absolute atomic E-state index is 0.0667. The molecule has 18 heavy (non-hydrogen) atoms. The summed E-state index contributed by atoms with van der Waals surface area (Å²) in [6.45, 7) is 2.04. The van der Waals surface area contributed by atoms with Crippen LogP contribution in [0.3, 0.4) is 0 Å². The summed E-state index contributed by atoms with van der Waals surface area (Å²) in [5.41, 5.74) is 7.16. The Morgan fingerprint density at radius 1 is 1.56 bits per heavy atom. The predicted molar refractivity (Wildman–Crippen MR) is 70.3 cm³/mol. The average Bonchev–Trinajstić information content (AvgIpc) is 2.92. The van der Waals surface area contributed by atoms with Crippen molar-refractivity contribution in [2.45, 2.75) is 11.8 Å². The van der Waals surface area contributed by atoms with Gasteiger partial charge < -0.3 is 10.9 Å². The fourth-order valence-corrected chi connectivity index (χ4v) is 2.47. The highest BCUT2D eigenvalue weighted by Crippen LogP contribution is 2.27. The number of nitrogens with zero attached hydrogens (tertiary/aromatic N) is 4. The molecule has 0 amide bonds. The Morgan fingerprint density at radius 3 is 3.00 bits per heavy atom. The molecule has 0 atom stereocenters. The molecule has 0 spiro atoms. The Hall–Kier alpha value is -2.02. The van der Waals surface area contributed by atoms with Crippen molar-refractivity contribution in [1.82, 2.24) is 14.8 Å². The fraction of sp³-hybridized carbons (Fsp3) is 0.182. The first-order valence-corrected chi connectivity index (χ1v) is 6.35. The average molecular weight is 263 g/mol. The van der Waals surface area contributed by atoms with Crippen molar-refractivity contribution >= 4 is 17.6 Å². The van der Waals surface area contributed by atoms with Gasteiger partial charge in [-0.1, -0.05) is 18.1 Å². The highest BCUT2D eigenvalue weighted by molar-refractivity contribution is 7.99. The van der Waals surface area contributed by atoms with E-state index in [-0.39, 0.29) is 5.84 Å². The van der Waals surface area contributed by atoms with Gasteiger partial charge in [-0.15, -0.1) is 11.8 Å². The van der Waals surface area contributed by atoms with Crippen LogP contribution in [0.15, 0.2) is 40.9 Å². The molecule has 0 bridgehead atoms. The Labute approximate surface area is 109 Å². The van der Waals surface area contributed by atoms with E-state index in [0.717, 1.165) is 16.3 Å². The normalized spacial score (nSPS) is 11.7. The molecule has 0 radical (unpaired) electrons. The molecule has 1 aromatic carbocycles. The van der Waals surface area contributed by atoms with Crippen molar-refractivity contribution in [1.29, 1.82) is 0 Å². The number of oxime groups is 1. The first-order chi connectivity index (χ1) is 8.77. The van der Waals surface area contributed by atoms with Crippen LogP contribution < -0.4 is 5.73 Å². The van der Waals surface area contributed by atoms with E-state index in [2.05, 4.69) is 15.2 Å². The summed E-state index contributed by atoms with van der Waals surface area (Å²) < 4.78 is 1.59. The molecule has 0 aliphatic carbocycles. The van der Waals surface area contributed by atoms with Crippen LogP contribution in [0.5, 0.6) is 0 Å². The van der Waals surface area contributed by atoms with Crippen molar-refractivity contribution in [2.24, 2.45) is 10.9 Å². The Balaban J connectivity index is 2.62. The minimum atomic E-state index is 0.0667. The van der Waals surface area contributed by atoms with Gasteiger partial charge in [-0.2, -0.15) is 5.10 Å². The van der Waals surface area contributed by atoms with E-state index in [1.54, 1.807) is 22.8 Å². The van der Waals surface area contributed by atoms with Crippen LogP contribution in [0.2, 0.25) is 0 Å². The second-order valence-corrected chi connectivity index (χ2v) is 4.71. The lowest BCUT2D eigenvalue weighted by molar-refractivity contribution is 0.318. The number of hydrogen-bond acceptors (Lipinski definition) is 5. The molecule has 0 unspecified atom stereocenters. The zero-order valence-corrected chi connectivity index (χ0v) is 10.6. The highest BCUT2D eigenvalue weighted by Gasteiger charge is 2.14. The van der Waals surface area contributed by atoms with Crippen molar-refractivity contribution < 1.29 is 5.21 Å². The van der Waals surface area contributed by atoms with Crippen LogP contribution >= 0.6 is 11.8 Å². The van der Waals surface area contributed by atoms with Gasteiger partial charge >= 0.3 is 0 Å². The molecule has 0 saturated carbocycles. The lowest BCUT2D eigenvalue weighted by atomic mass is 10.1. The molecule has 0 aliphatic heterocycles. The summed E-state index contributed by atoms with van der Waals surface area (Å²) in [6.07, 6.45) is 3.01. The molecule has 3 N–H and O–H groups in total. The number of rotatable bonds is 4. The number of amidine groups is 1. The van der Waals surface area contributed by atoms with Gasteiger partial charge in [-0.25, -0.2) is 9.67 Å². The monoisotopic (exact) mass is 263 g/mol. The summed E-state index contributed by atoms with van der Waals surface area (Å²) in [4.78, 5) is 4.85. The largest absolute Gasteiger partial charge is 0.409 e. The third-order valence-electron chi connectivity index (χ3n) is 2.33. The van der Waals surface area contributed by atoms with Gasteiger partial charge in [0.05, 0.1) is 11.3 Å². The third-order valence-corrected chi connectivity index (χ3v) is 3.27. The minimum Gasteiger partial charge on any atom is -0.409 e. The second kappa shape index (κ2) is 5.54. The summed E-state index contributed by atoms with van der Waals surface area (Å²) in [5, 5.41) is 16.1. The highest BCUT2D eigenvalue weighted by atomic mass is 32.2. The molecule has 7 heteroatoms. The Morgan fingerprint density at radius 2 is 2.39 bits per heavy atom. The first-order valence-electron chi connectivity index (χ1n) is 5.36. The van der Waals surface area contributed by atoms with Crippen LogP contribution in [0.4, 0.5) is 0 Å². The molecular weight excluding hydrogens is 250 g/mol. The molecule has 0 fully saturated rings.